The number of carbonyl (C=O) groups excluding carboxylic acids is 2. The van der Waals surface area contributed by atoms with Gasteiger partial charge in [0.1, 0.15) is 6.54 Å². The molecule has 0 aromatic carbocycles. The minimum Gasteiger partial charge on any atom is -0.466 e. The maximum atomic E-state index is 12.5. The number of piperidine rings is 1. The molecule has 1 atom stereocenters. The molecule has 0 aliphatic carbocycles. The van der Waals surface area contributed by atoms with Crippen molar-refractivity contribution in [2.75, 3.05) is 19.7 Å². The Morgan fingerprint density at radius 3 is 2.96 bits per heavy atom. The van der Waals surface area contributed by atoms with E-state index in [2.05, 4.69) is 5.10 Å². The molecule has 1 saturated heterocycles. The molecule has 1 aliphatic heterocycles. The van der Waals surface area contributed by atoms with E-state index in [-0.39, 0.29) is 30.0 Å². The van der Waals surface area contributed by atoms with Crippen LogP contribution in [-0.2, 0) is 20.9 Å². The van der Waals surface area contributed by atoms with Gasteiger partial charge >= 0.3 is 11.7 Å². The van der Waals surface area contributed by atoms with Crippen LogP contribution in [0.4, 0.5) is 0 Å². The summed E-state index contributed by atoms with van der Waals surface area (Å²) in [6.45, 7) is 2.88. The van der Waals surface area contributed by atoms with E-state index < -0.39 is 0 Å². The van der Waals surface area contributed by atoms with Gasteiger partial charge in [0.15, 0.2) is 5.65 Å². The average Bonchev–Trinajstić information content (AvgIpc) is 2.91. The van der Waals surface area contributed by atoms with E-state index in [1.807, 2.05) is 0 Å². The van der Waals surface area contributed by atoms with Crippen molar-refractivity contribution in [3.8, 4) is 0 Å². The van der Waals surface area contributed by atoms with Crippen LogP contribution in [0.25, 0.3) is 5.65 Å². The Balaban J connectivity index is 1.70. The fraction of sp³-hybridized carbons (Fsp3) is 0.500. The Morgan fingerprint density at radius 2 is 2.21 bits per heavy atom. The van der Waals surface area contributed by atoms with Crippen molar-refractivity contribution >= 4 is 17.5 Å². The standard InChI is InChI=1S/C16H20N4O4/c1-2-24-15(22)12-6-5-8-18(10-12)14(21)11-20-16(23)19-9-4-3-7-13(19)17-20/h3-4,7,9,12H,2,5-6,8,10-11H2,1H3. The van der Waals surface area contributed by atoms with Gasteiger partial charge in [-0.2, -0.15) is 0 Å². The number of hydrogen-bond donors (Lipinski definition) is 0. The monoisotopic (exact) mass is 332 g/mol. The van der Waals surface area contributed by atoms with Crippen molar-refractivity contribution in [3.05, 3.63) is 34.9 Å². The number of pyridine rings is 1. The highest BCUT2D eigenvalue weighted by atomic mass is 16.5. The third-order valence-electron chi connectivity index (χ3n) is 4.17. The normalized spacial score (nSPS) is 17.9. The van der Waals surface area contributed by atoms with E-state index in [1.165, 1.54) is 4.40 Å². The zero-order valence-corrected chi connectivity index (χ0v) is 13.6. The molecular weight excluding hydrogens is 312 g/mol. The van der Waals surface area contributed by atoms with Gasteiger partial charge in [-0.15, -0.1) is 5.10 Å². The second kappa shape index (κ2) is 6.86. The van der Waals surface area contributed by atoms with Crippen molar-refractivity contribution in [2.45, 2.75) is 26.3 Å². The van der Waals surface area contributed by atoms with Crippen molar-refractivity contribution < 1.29 is 14.3 Å². The summed E-state index contributed by atoms with van der Waals surface area (Å²) in [6.07, 6.45) is 3.08. The van der Waals surface area contributed by atoms with E-state index in [0.717, 1.165) is 17.5 Å². The molecule has 0 radical (unpaired) electrons. The Labute approximate surface area is 138 Å². The number of rotatable bonds is 4. The molecule has 3 heterocycles. The SMILES string of the molecule is CCOC(=O)C1CCCN(C(=O)Cn2nc3ccccn3c2=O)C1. The molecule has 1 fully saturated rings. The van der Waals surface area contributed by atoms with E-state index in [0.29, 0.717) is 25.3 Å². The van der Waals surface area contributed by atoms with Gasteiger partial charge in [0.05, 0.1) is 12.5 Å². The van der Waals surface area contributed by atoms with E-state index in [4.69, 9.17) is 4.74 Å². The van der Waals surface area contributed by atoms with Crippen LogP contribution in [-0.4, -0.2) is 50.7 Å². The Hall–Kier alpha value is -2.64. The third kappa shape index (κ3) is 3.17. The van der Waals surface area contributed by atoms with Crippen LogP contribution < -0.4 is 5.69 Å². The molecule has 0 bridgehead atoms. The number of aromatic nitrogens is 3. The second-order valence-corrected chi connectivity index (χ2v) is 5.80. The quantitative estimate of drug-likeness (QED) is 0.752. The summed E-state index contributed by atoms with van der Waals surface area (Å²) in [5.41, 5.74) is 0.149. The molecule has 8 heteroatoms. The van der Waals surface area contributed by atoms with Gasteiger partial charge in [-0.3, -0.25) is 14.0 Å². The Kier molecular flexibility index (Phi) is 4.64. The summed E-state index contributed by atoms with van der Waals surface area (Å²) in [4.78, 5) is 38.2. The number of carbonyl (C=O) groups is 2. The van der Waals surface area contributed by atoms with Crippen molar-refractivity contribution in [2.24, 2.45) is 5.92 Å². The highest BCUT2D eigenvalue weighted by Crippen LogP contribution is 2.18. The maximum absolute atomic E-state index is 12.5. The molecule has 2 aromatic heterocycles. The van der Waals surface area contributed by atoms with Crippen LogP contribution in [0.15, 0.2) is 29.2 Å². The lowest BCUT2D eigenvalue weighted by Crippen LogP contribution is -2.45. The van der Waals surface area contributed by atoms with Crippen LogP contribution in [0.2, 0.25) is 0 Å². The van der Waals surface area contributed by atoms with Crippen LogP contribution in [0.3, 0.4) is 0 Å². The topological polar surface area (TPSA) is 85.9 Å². The van der Waals surface area contributed by atoms with Gasteiger partial charge in [-0.1, -0.05) is 6.07 Å². The van der Waals surface area contributed by atoms with Crippen molar-refractivity contribution in [3.63, 3.8) is 0 Å². The molecule has 2 aromatic rings. The number of likely N-dealkylation sites (tertiary alicyclic amines) is 1. The predicted molar refractivity (Wildman–Crippen MR) is 85.4 cm³/mol. The van der Waals surface area contributed by atoms with Gasteiger partial charge in [0.25, 0.3) is 0 Å². The number of amides is 1. The lowest BCUT2D eigenvalue weighted by atomic mass is 9.98. The molecule has 24 heavy (non-hydrogen) atoms. The first-order valence-electron chi connectivity index (χ1n) is 8.08. The molecule has 128 valence electrons. The smallest absolute Gasteiger partial charge is 0.350 e. The molecule has 0 spiro atoms. The molecular formula is C16H20N4O4. The first kappa shape index (κ1) is 16.2. The first-order valence-corrected chi connectivity index (χ1v) is 8.08. The van der Waals surface area contributed by atoms with Crippen molar-refractivity contribution in [1.82, 2.24) is 19.1 Å². The molecule has 3 rings (SSSR count). The molecule has 1 amide bonds. The summed E-state index contributed by atoms with van der Waals surface area (Å²) in [6, 6.07) is 5.22. The number of fused-ring (bicyclic) bond motifs is 1. The van der Waals surface area contributed by atoms with Gasteiger partial charge in [0.2, 0.25) is 5.91 Å². The second-order valence-electron chi connectivity index (χ2n) is 5.80. The number of esters is 1. The minimum absolute atomic E-state index is 0.129. The number of hydrogen-bond acceptors (Lipinski definition) is 5. The molecule has 1 unspecified atom stereocenters. The fourth-order valence-corrected chi connectivity index (χ4v) is 2.96. The van der Waals surface area contributed by atoms with E-state index >= 15 is 0 Å². The van der Waals surface area contributed by atoms with Gasteiger partial charge in [0, 0.05) is 19.3 Å². The highest BCUT2D eigenvalue weighted by molar-refractivity contribution is 5.78. The van der Waals surface area contributed by atoms with Crippen LogP contribution in [0.5, 0.6) is 0 Å². The molecule has 1 aliphatic rings. The lowest BCUT2D eigenvalue weighted by Gasteiger charge is -2.31. The largest absolute Gasteiger partial charge is 0.466 e. The number of nitrogens with zero attached hydrogens (tertiary/aromatic N) is 4. The summed E-state index contributed by atoms with van der Waals surface area (Å²) in [7, 11) is 0. The van der Waals surface area contributed by atoms with E-state index in [9.17, 15) is 14.4 Å². The number of ether oxygens (including phenoxy) is 1. The van der Waals surface area contributed by atoms with Crippen molar-refractivity contribution in [1.29, 1.82) is 0 Å². The predicted octanol–water partition coefficient (Wildman–Crippen LogP) is 0.298. The fourth-order valence-electron chi connectivity index (χ4n) is 2.96. The van der Waals surface area contributed by atoms with Crippen LogP contribution >= 0.6 is 0 Å². The Bertz CT molecular complexity index is 810. The maximum Gasteiger partial charge on any atom is 0.350 e. The van der Waals surface area contributed by atoms with E-state index in [1.54, 1.807) is 36.2 Å². The molecule has 0 N–H and O–H groups in total. The van der Waals surface area contributed by atoms with Crippen LogP contribution in [0, 0.1) is 5.92 Å². The third-order valence-corrected chi connectivity index (χ3v) is 4.17. The zero-order valence-electron chi connectivity index (χ0n) is 13.6. The highest BCUT2D eigenvalue weighted by Gasteiger charge is 2.29. The molecule has 8 nitrogen and oxygen atoms in total. The summed E-state index contributed by atoms with van der Waals surface area (Å²) in [5, 5.41) is 4.16. The summed E-state index contributed by atoms with van der Waals surface area (Å²) < 4.78 is 7.59. The zero-order chi connectivity index (χ0) is 17.1. The van der Waals surface area contributed by atoms with Gasteiger partial charge < -0.3 is 9.64 Å². The molecule has 0 saturated carbocycles. The first-order chi connectivity index (χ1) is 11.6. The lowest BCUT2D eigenvalue weighted by molar-refractivity contribution is -0.151. The Morgan fingerprint density at radius 1 is 1.38 bits per heavy atom. The summed E-state index contributed by atoms with van der Waals surface area (Å²) in [5.74, 6) is -0.769. The van der Waals surface area contributed by atoms with Gasteiger partial charge in [-0.05, 0) is 31.9 Å². The minimum atomic E-state index is -0.349. The van der Waals surface area contributed by atoms with Crippen LogP contribution in [0.1, 0.15) is 19.8 Å². The average molecular weight is 332 g/mol. The van der Waals surface area contributed by atoms with Gasteiger partial charge in [-0.25, -0.2) is 9.48 Å². The summed E-state index contributed by atoms with van der Waals surface area (Å²) >= 11 is 0.